The SMILES string of the molecule is CC(=O)Oc1ccc2c(c1)[C@@]1(C)CCC[C@](C)(C(=O)OC(=O)[C@@]3(C)CCC[C@]4(C)c5cc(OC(C)=O)ccc5CC[C@@H]34)[C@@H]1CC2. The maximum absolute atomic E-state index is 14.3. The monoisotopic (exact) mass is 614 g/mol. The molecule has 0 radical (unpaired) electrons. The van der Waals surface area contributed by atoms with E-state index in [-0.39, 0.29) is 34.6 Å². The third kappa shape index (κ3) is 5.11. The van der Waals surface area contributed by atoms with Gasteiger partial charge < -0.3 is 14.2 Å². The van der Waals surface area contributed by atoms with Gasteiger partial charge in [0, 0.05) is 13.8 Å². The standard InChI is InChI=1S/C38H46O7/c1-23(39)43-27-13-9-25-11-15-31-35(3,29(25)21-27)17-7-19-37(31,5)33(41)45-34(42)38(6)20-8-18-36(4)30-22-28(44-24(2)40)14-10-26(30)12-16-32(36)38/h9-10,13-14,21-22,31-32H,7-8,11-12,15-20H2,1-6H3/t31-,32-,35-,36-,37+,38+/m1/s1. The molecule has 2 saturated carbocycles. The van der Waals surface area contributed by atoms with Crippen molar-refractivity contribution in [2.45, 2.75) is 117 Å². The molecule has 6 rings (SSSR count). The smallest absolute Gasteiger partial charge is 0.319 e. The van der Waals surface area contributed by atoms with Crippen molar-refractivity contribution in [3.05, 3.63) is 58.7 Å². The molecule has 0 spiro atoms. The molecule has 0 bridgehead atoms. The number of rotatable bonds is 4. The molecule has 2 aromatic rings. The molecule has 2 fully saturated rings. The van der Waals surface area contributed by atoms with E-state index in [4.69, 9.17) is 14.2 Å². The number of benzene rings is 2. The summed E-state index contributed by atoms with van der Waals surface area (Å²) in [5.41, 5.74) is 2.47. The van der Waals surface area contributed by atoms with Crippen LogP contribution in [0.2, 0.25) is 0 Å². The van der Waals surface area contributed by atoms with E-state index in [0.29, 0.717) is 24.3 Å². The molecule has 2 aromatic carbocycles. The quantitative estimate of drug-likeness (QED) is 0.202. The van der Waals surface area contributed by atoms with Crippen molar-refractivity contribution >= 4 is 23.9 Å². The number of hydrogen-bond acceptors (Lipinski definition) is 7. The number of hydrogen-bond donors (Lipinski definition) is 0. The number of ether oxygens (including phenoxy) is 3. The first-order chi connectivity index (χ1) is 21.2. The third-order valence-electron chi connectivity index (χ3n) is 12.3. The molecular formula is C38H46O7. The van der Waals surface area contributed by atoms with Crippen molar-refractivity contribution in [3.63, 3.8) is 0 Å². The van der Waals surface area contributed by atoms with E-state index < -0.39 is 22.8 Å². The van der Waals surface area contributed by atoms with Gasteiger partial charge in [-0.05, 0) is 134 Å². The lowest BCUT2D eigenvalue weighted by atomic mass is 9.49. The zero-order valence-corrected chi connectivity index (χ0v) is 27.5. The molecule has 7 heteroatoms. The lowest BCUT2D eigenvalue weighted by Crippen LogP contribution is -2.56. The van der Waals surface area contributed by atoms with E-state index in [1.807, 2.05) is 50.2 Å². The molecule has 0 saturated heterocycles. The molecule has 240 valence electrons. The molecule has 7 nitrogen and oxygen atoms in total. The van der Waals surface area contributed by atoms with Crippen LogP contribution in [0.4, 0.5) is 0 Å². The van der Waals surface area contributed by atoms with Gasteiger partial charge in [-0.15, -0.1) is 0 Å². The van der Waals surface area contributed by atoms with Gasteiger partial charge in [0.25, 0.3) is 0 Å². The average molecular weight is 615 g/mol. The molecular weight excluding hydrogens is 568 g/mol. The fraction of sp³-hybridized carbons (Fsp3) is 0.579. The van der Waals surface area contributed by atoms with E-state index in [9.17, 15) is 19.2 Å². The number of carbonyl (C=O) groups excluding carboxylic acids is 4. The van der Waals surface area contributed by atoms with Crippen molar-refractivity contribution in [1.29, 1.82) is 0 Å². The van der Waals surface area contributed by atoms with Crippen LogP contribution in [0.5, 0.6) is 11.5 Å². The van der Waals surface area contributed by atoms with Crippen LogP contribution in [0.1, 0.15) is 115 Å². The van der Waals surface area contributed by atoms with Crippen LogP contribution in [0.3, 0.4) is 0 Å². The average Bonchev–Trinajstić information content (AvgIpc) is 2.97. The van der Waals surface area contributed by atoms with Gasteiger partial charge in [-0.3, -0.25) is 19.2 Å². The third-order valence-corrected chi connectivity index (χ3v) is 12.3. The van der Waals surface area contributed by atoms with E-state index in [1.54, 1.807) is 0 Å². The van der Waals surface area contributed by atoms with E-state index in [0.717, 1.165) is 62.5 Å². The Bertz CT molecular complexity index is 1460. The maximum Gasteiger partial charge on any atom is 0.319 e. The van der Waals surface area contributed by atoms with E-state index >= 15 is 0 Å². The molecule has 0 unspecified atom stereocenters. The molecule has 0 N–H and O–H groups in total. The van der Waals surface area contributed by atoms with Crippen LogP contribution in [0.25, 0.3) is 0 Å². The molecule has 0 aliphatic heterocycles. The zero-order valence-electron chi connectivity index (χ0n) is 27.5. The van der Waals surface area contributed by atoms with Crippen molar-refractivity contribution in [1.82, 2.24) is 0 Å². The minimum absolute atomic E-state index is 0.00943. The summed E-state index contributed by atoms with van der Waals surface area (Å²) in [5.74, 6) is -0.515. The Balaban J connectivity index is 1.26. The largest absolute Gasteiger partial charge is 0.427 e. The van der Waals surface area contributed by atoms with Gasteiger partial charge in [-0.2, -0.15) is 0 Å². The summed E-state index contributed by atoms with van der Waals surface area (Å²) in [6.45, 7) is 11.2. The van der Waals surface area contributed by atoms with Gasteiger partial charge in [-0.25, -0.2) is 0 Å². The van der Waals surface area contributed by atoms with Gasteiger partial charge in [-0.1, -0.05) is 38.8 Å². The summed E-state index contributed by atoms with van der Waals surface area (Å²) in [6.07, 6.45) is 8.14. The molecule has 4 aliphatic carbocycles. The first-order valence-electron chi connectivity index (χ1n) is 16.6. The second-order valence-electron chi connectivity index (χ2n) is 15.1. The Labute approximate surface area is 266 Å². The highest BCUT2D eigenvalue weighted by molar-refractivity contribution is 5.92. The van der Waals surface area contributed by atoms with Crippen LogP contribution in [0.15, 0.2) is 36.4 Å². The summed E-state index contributed by atoms with van der Waals surface area (Å²) >= 11 is 0. The summed E-state index contributed by atoms with van der Waals surface area (Å²) in [7, 11) is 0. The minimum atomic E-state index is -0.815. The Morgan fingerprint density at radius 3 is 1.40 bits per heavy atom. The predicted octanol–water partition coefficient (Wildman–Crippen LogP) is 7.33. The van der Waals surface area contributed by atoms with Gasteiger partial charge in [0.1, 0.15) is 11.5 Å². The van der Waals surface area contributed by atoms with Crippen LogP contribution in [0, 0.1) is 22.7 Å². The highest BCUT2D eigenvalue weighted by atomic mass is 16.6. The Hall–Kier alpha value is -3.48. The summed E-state index contributed by atoms with van der Waals surface area (Å²) in [6, 6.07) is 11.7. The van der Waals surface area contributed by atoms with Crippen molar-refractivity contribution in [3.8, 4) is 11.5 Å². The molecule has 0 aromatic heterocycles. The summed E-state index contributed by atoms with van der Waals surface area (Å²) < 4.78 is 16.9. The van der Waals surface area contributed by atoms with Crippen LogP contribution < -0.4 is 9.47 Å². The maximum atomic E-state index is 14.3. The lowest BCUT2D eigenvalue weighted by Gasteiger charge is -2.55. The zero-order chi connectivity index (χ0) is 32.4. The Kier molecular flexibility index (Phi) is 7.77. The highest BCUT2D eigenvalue weighted by Gasteiger charge is 2.59. The predicted molar refractivity (Wildman–Crippen MR) is 169 cm³/mol. The first-order valence-corrected chi connectivity index (χ1v) is 16.6. The number of esters is 4. The van der Waals surface area contributed by atoms with E-state index in [1.165, 1.54) is 25.0 Å². The normalized spacial score (nSPS) is 33.4. The van der Waals surface area contributed by atoms with Crippen LogP contribution >= 0.6 is 0 Å². The first kappa shape index (κ1) is 31.5. The molecule has 0 amide bonds. The van der Waals surface area contributed by atoms with Gasteiger partial charge in [0.15, 0.2) is 0 Å². The van der Waals surface area contributed by atoms with E-state index in [2.05, 4.69) is 13.8 Å². The van der Waals surface area contributed by atoms with Crippen molar-refractivity contribution in [2.75, 3.05) is 0 Å². The fourth-order valence-corrected chi connectivity index (χ4v) is 10.1. The lowest BCUT2D eigenvalue weighted by molar-refractivity contribution is -0.184. The molecule has 45 heavy (non-hydrogen) atoms. The highest BCUT2D eigenvalue weighted by Crippen LogP contribution is 2.60. The number of fused-ring (bicyclic) bond motifs is 6. The minimum Gasteiger partial charge on any atom is -0.427 e. The Morgan fingerprint density at radius 2 is 1.02 bits per heavy atom. The van der Waals surface area contributed by atoms with Gasteiger partial charge in [0.05, 0.1) is 10.8 Å². The summed E-state index contributed by atoms with van der Waals surface area (Å²) in [5, 5.41) is 0. The second-order valence-corrected chi connectivity index (χ2v) is 15.1. The van der Waals surface area contributed by atoms with Crippen LogP contribution in [-0.4, -0.2) is 23.9 Å². The molecule has 6 atom stereocenters. The molecule has 0 heterocycles. The Morgan fingerprint density at radius 1 is 0.622 bits per heavy atom. The topological polar surface area (TPSA) is 96.0 Å². The molecule has 4 aliphatic rings. The second kappa shape index (κ2) is 11.1. The van der Waals surface area contributed by atoms with Gasteiger partial charge >= 0.3 is 23.9 Å². The van der Waals surface area contributed by atoms with Crippen LogP contribution in [-0.2, 0) is 47.6 Å². The van der Waals surface area contributed by atoms with Gasteiger partial charge in [0.2, 0.25) is 0 Å². The van der Waals surface area contributed by atoms with Crippen molar-refractivity contribution in [2.24, 2.45) is 22.7 Å². The van der Waals surface area contributed by atoms with Crippen molar-refractivity contribution < 1.29 is 33.4 Å². The number of aryl methyl sites for hydroxylation is 2. The number of carbonyl (C=O) groups is 4. The summed E-state index contributed by atoms with van der Waals surface area (Å²) in [4.78, 5) is 51.9. The fourth-order valence-electron chi connectivity index (χ4n) is 10.1.